The van der Waals surface area contributed by atoms with Crippen molar-refractivity contribution in [1.29, 1.82) is 0 Å². The second kappa shape index (κ2) is 5.53. The van der Waals surface area contributed by atoms with E-state index in [2.05, 4.69) is 0 Å². The smallest absolute Gasteiger partial charge is 0.335 e. The molecule has 0 bridgehead atoms. The SMILES string of the molecule is CS(=O)(=O)c1ccc(Oc2cccc(C(=O)O)c2)c(F)c1. The number of carbonyl (C=O) groups is 1. The van der Waals surface area contributed by atoms with Gasteiger partial charge in [0.15, 0.2) is 21.4 Å². The van der Waals surface area contributed by atoms with Crippen molar-refractivity contribution in [3.63, 3.8) is 0 Å². The van der Waals surface area contributed by atoms with Gasteiger partial charge in [0.2, 0.25) is 0 Å². The summed E-state index contributed by atoms with van der Waals surface area (Å²) in [4.78, 5) is 10.7. The van der Waals surface area contributed by atoms with Crippen LogP contribution < -0.4 is 4.74 Å². The maximum absolute atomic E-state index is 13.8. The van der Waals surface area contributed by atoms with Crippen molar-refractivity contribution in [2.24, 2.45) is 0 Å². The summed E-state index contributed by atoms with van der Waals surface area (Å²) in [5, 5.41) is 8.86. The zero-order valence-corrected chi connectivity index (χ0v) is 11.7. The number of ether oxygens (including phenoxy) is 1. The van der Waals surface area contributed by atoms with Gasteiger partial charge in [-0.25, -0.2) is 17.6 Å². The number of carboxylic acids is 1. The first-order valence-corrected chi connectivity index (χ1v) is 7.67. The highest BCUT2D eigenvalue weighted by molar-refractivity contribution is 7.90. The van der Waals surface area contributed by atoms with E-state index in [1.807, 2.05) is 0 Å². The van der Waals surface area contributed by atoms with E-state index >= 15 is 0 Å². The third kappa shape index (κ3) is 3.57. The molecule has 0 spiro atoms. The molecule has 2 aromatic rings. The fourth-order valence-corrected chi connectivity index (χ4v) is 2.25. The Hall–Kier alpha value is -2.41. The lowest BCUT2D eigenvalue weighted by Crippen LogP contribution is -1.99. The summed E-state index contributed by atoms with van der Waals surface area (Å²) < 4.78 is 41.7. The molecule has 21 heavy (non-hydrogen) atoms. The van der Waals surface area contributed by atoms with Gasteiger partial charge < -0.3 is 9.84 Å². The first-order valence-electron chi connectivity index (χ1n) is 5.78. The van der Waals surface area contributed by atoms with Crippen LogP contribution in [0.5, 0.6) is 11.5 Å². The summed E-state index contributed by atoms with van der Waals surface area (Å²) in [6, 6.07) is 8.79. The molecule has 0 saturated carbocycles. The van der Waals surface area contributed by atoms with Crippen LogP contribution in [-0.2, 0) is 9.84 Å². The fourth-order valence-electron chi connectivity index (χ4n) is 1.61. The Bertz CT molecular complexity index is 799. The van der Waals surface area contributed by atoms with Gasteiger partial charge in [0.1, 0.15) is 5.75 Å². The molecule has 2 rings (SSSR count). The number of carboxylic acid groups (broad SMARTS) is 1. The predicted molar refractivity (Wildman–Crippen MR) is 73.0 cm³/mol. The normalized spacial score (nSPS) is 11.1. The molecule has 0 heterocycles. The van der Waals surface area contributed by atoms with Crippen molar-refractivity contribution in [2.75, 3.05) is 6.26 Å². The van der Waals surface area contributed by atoms with Crippen molar-refractivity contribution >= 4 is 15.8 Å². The Morgan fingerprint density at radius 2 is 1.90 bits per heavy atom. The van der Waals surface area contributed by atoms with E-state index in [-0.39, 0.29) is 22.0 Å². The summed E-state index contributed by atoms with van der Waals surface area (Å²) in [5.74, 6) is -2.03. The molecule has 0 amide bonds. The third-order valence-electron chi connectivity index (χ3n) is 2.64. The molecule has 0 aliphatic heterocycles. The zero-order valence-electron chi connectivity index (χ0n) is 10.9. The zero-order chi connectivity index (χ0) is 15.6. The van der Waals surface area contributed by atoms with Gasteiger partial charge in [0.25, 0.3) is 0 Å². The molecule has 0 unspecified atom stereocenters. The van der Waals surface area contributed by atoms with Crippen LogP contribution in [0.25, 0.3) is 0 Å². The minimum absolute atomic E-state index is 0.000615. The minimum atomic E-state index is -3.51. The molecule has 110 valence electrons. The molecule has 0 aliphatic carbocycles. The average molecular weight is 310 g/mol. The molecule has 0 fully saturated rings. The van der Waals surface area contributed by atoms with E-state index in [0.717, 1.165) is 12.3 Å². The molecule has 0 saturated heterocycles. The van der Waals surface area contributed by atoms with Crippen LogP contribution in [0.3, 0.4) is 0 Å². The number of sulfone groups is 1. The largest absolute Gasteiger partial charge is 0.478 e. The first-order chi connectivity index (χ1) is 9.77. The number of hydrogen-bond donors (Lipinski definition) is 1. The van der Waals surface area contributed by atoms with E-state index in [4.69, 9.17) is 9.84 Å². The van der Waals surface area contributed by atoms with Crippen LogP contribution >= 0.6 is 0 Å². The van der Waals surface area contributed by atoms with Crippen LogP contribution in [0.2, 0.25) is 0 Å². The second-order valence-corrected chi connectivity index (χ2v) is 6.32. The summed E-state index contributed by atoms with van der Waals surface area (Å²) in [6.45, 7) is 0. The summed E-state index contributed by atoms with van der Waals surface area (Å²) in [5.41, 5.74) is 0.000615. The molecule has 0 aliphatic rings. The first kappa shape index (κ1) is 15.0. The second-order valence-electron chi connectivity index (χ2n) is 4.30. The van der Waals surface area contributed by atoms with Crippen molar-refractivity contribution in [3.05, 3.63) is 53.8 Å². The molecule has 0 radical (unpaired) electrons. The van der Waals surface area contributed by atoms with Crippen molar-refractivity contribution in [2.45, 2.75) is 4.90 Å². The molecular weight excluding hydrogens is 299 g/mol. The van der Waals surface area contributed by atoms with Gasteiger partial charge in [0.05, 0.1) is 10.5 Å². The van der Waals surface area contributed by atoms with Crippen LogP contribution in [0.1, 0.15) is 10.4 Å². The van der Waals surface area contributed by atoms with Crippen LogP contribution in [0.15, 0.2) is 47.4 Å². The molecule has 2 aromatic carbocycles. The maximum atomic E-state index is 13.8. The Labute approximate surface area is 120 Å². The number of halogens is 1. The Kier molecular flexibility index (Phi) is 3.95. The molecule has 0 aromatic heterocycles. The monoisotopic (exact) mass is 310 g/mol. The Morgan fingerprint density at radius 1 is 1.19 bits per heavy atom. The number of rotatable bonds is 4. The summed E-state index contributed by atoms with van der Waals surface area (Å²) in [6.07, 6.45) is 0.971. The topological polar surface area (TPSA) is 80.7 Å². The molecule has 7 heteroatoms. The standard InChI is InChI=1S/C14H11FO5S/c1-21(18,19)11-5-6-13(12(15)8-11)20-10-4-2-3-9(7-10)14(16)17/h2-8H,1H3,(H,16,17). The molecular formula is C14H11FO5S. The molecule has 0 atom stereocenters. The van der Waals surface area contributed by atoms with Gasteiger partial charge in [-0.3, -0.25) is 0 Å². The minimum Gasteiger partial charge on any atom is -0.478 e. The van der Waals surface area contributed by atoms with Crippen LogP contribution in [-0.4, -0.2) is 25.7 Å². The molecule has 1 N–H and O–H groups in total. The van der Waals surface area contributed by atoms with Gasteiger partial charge in [-0.05, 0) is 36.4 Å². The van der Waals surface area contributed by atoms with E-state index in [9.17, 15) is 17.6 Å². The highest BCUT2D eigenvalue weighted by atomic mass is 32.2. The summed E-state index contributed by atoms with van der Waals surface area (Å²) >= 11 is 0. The van der Waals surface area contributed by atoms with Gasteiger partial charge in [-0.15, -0.1) is 0 Å². The fraction of sp³-hybridized carbons (Fsp3) is 0.0714. The van der Waals surface area contributed by atoms with Gasteiger partial charge >= 0.3 is 5.97 Å². The predicted octanol–water partition coefficient (Wildman–Crippen LogP) is 2.72. The van der Waals surface area contributed by atoms with Crippen molar-refractivity contribution in [3.8, 4) is 11.5 Å². The Morgan fingerprint density at radius 3 is 2.48 bits per heavy atom. The van der Waals surface area contributed by atoms with Gasteiger partial charge in [-0.1, -0.05) is 6.07 Å². The van der Waals surface area contributed by atoms with E-state index < -0.39 is 21.6 Å². The number of aromatic carboxylic acids is 1. The number of benzene rings is 2. The van der Waals surface area contributed by atoms with Crippen LogP contribution in [0.4, 0.5) is 4.39 Å². The van der Waals surface area contributed by atoms with E-state index in [0.29, 0.717) is 0 Å². The van der Waals surface area contributed by atoms with Gasteiger partial charge in [0, 0.05) is 6.26 Å². The third-order valence-corrected chi connectivity index (χ3v) is 3.75. The Balaban J connectivity index is 2.32. The van der Waals surface area contributed by atoms with Crippen LogP contribution in [0, 0.1) is 5.82 Å². The average Bonchev–Trinajstić information content (AvgIpc) is 2.40. The van der Waals surface area contributed by atoms with Crippen molar-refractivity contribution in [1.82, 2.24) is 0 Å². The highest BCUT2D eigenvalue weighted by Gasteiger charge is 2.13. The molecule has 5 nitrogen and oxygen atoms in total. The lowest BCUT2D eigenvalue weighted by atomic mass is 10.2. The quantitative estimate of drug-likeness (QED) is 0.939. The highest BCUT2D eigenvalue weighted by Crippen LogP contribution is 2.27. The lowest BCUT2D eigenvalue weighted by molar-refractivity contribution is 0.0696. The van der Waals surface area contributed by atoms with Crippen molar-refractivity contribution < 1.29 is 27.4 Å². The summed E-state index contributed by atoms with van der Waals surface area (Å²) in [7, 11) is -3.51. The lowest BCUT2D eigenvalue weighted by Gasteiger charge is -2.08. The van der Waals surface area contributed by atoms with E-state index in [1.54, 1.807) is 0 Å². The van der Waals surface area contributed by atoms with E-state index in [1.165, 1.54) is 36.4 Å². The number of hydrogen-bond acceptors (Lipinski definition) is 4. The maximum Gasteiger partial charge on any atom is 0.335 e. The van der Waals surface area contributed by atoms with Gasteiger partial charge in [-0.2, -0.15) is 0 Å².